The molecule has 0 spiro atoms. The summed E-state index contributed by atoms with van der Waals surface area (Å²) < 4.78 is 0. The minimum atomic E-state index is -0.400. The maximum atomic E-state index is 10.5. The number of non-ortho nitro benzene ring substituents is 1. The fourth-order valence-corrected chi connectivity index (χ4v) is 1.60. The quantitative estimate of drug-likeness (QED) is 0.461. The summed E-state index contributed by atoms with van der Waals surface area (Å²) in [5.74, 6) is 0. The lowest BCUT2D eigenvalue weighted by Crippen LogP contribution is -1.86. The van der Waals surface area contributed by atoms with Crippen LogP contribution < -0.4 is 0 Å². The molecule has 2 aromatic carbocycles. The molecule has 0 radical (unpaired) electrons. The maximum absolute atomic E-state index is 10.5. The molecule has 0 aliphatic heterocycles. The normalized spacial score (nSPS) is 11.2. The molecule has 0 saturated heterocycles. The maximum Gasteiger partial charge on any atom is 0.269 e. The Bertz CT molecular complexity index is 598. The van der Waals surface area contributed by atoms with Crippen molar-refractivity contribution < 1.29 is 4.92 Å². The van der Waals surface area contributed by atoms with Crippen molar-refractivity contribution in [2.45, 2.75) is 0 Å². The van der Waals surface area contributed by atoms with Crippen LogP contribution in [0.2, 0.25) is 0 Å². The summed E-state index contributed by atoms with van der Waals surface area (Å²) in [6.45, 7) is 0. The van der Waals surface area contributed by atoms with Crippen LogP contribution in [0.4, 0.5) is 5.69 Å². The summed E-state index contributed by atoms with van der Waals surface area (Å²) >= 11 is 0. The third-order valence-electron chi connectivity index (χ3n) is 2.59. The highest BCUT2D eigenvalue weighted by Gasteiger charge is 2.01. The summed E-state index contributed by atoms with van der Waals surface area (Å²) in [5, 5.41) is 10.5. The lowest BCUT2D eigenvalue weighted by molar-refractivity contribution is -0.384. The molecule has 0 N–H and O–H groups in total. The van der Waals surface area contributed by atoms with Crippen LogP contribution in [0.3, 0.4) is 0 Å². The molecule has 0 fully saturated rings. The zero-order valence-corrected chi connectivity index (χ0v) is 10.3. The van der Waals surface area contributed by atoms with E-state index >= 15 is 0 Å². The van der Waals surface area contributed by atoms with Crippen molar-refractivity contribution in [2.75, 3.05) is 0 Å². The van der Waals surface area contributed by atoms with E-state index in [1.54, 1.807) is 12.1 Å². The molecule has 0 aromatic heterocycles. The van der Waals surface area contributed by atoms with Gasteiger partial charge in [0.2, 0.25) is 0 Å². The standard InChI is InChI=1S/C16H13NO2/c18-17(19)16-12-10-15(11-13-16)9-5-4-8-14-6-2-1-3-7-14/h1-13H/b8-4+,9-5+. The summed E-state index contributed by atoms with van der Waals surface area (Å²) in [6, 6.07) is 16.5. The summed E-state index contributed by atoms with van der Waals surface area (Å²) in [7, 11) is 0. The van der Waals surface area contributed by atoms with E-state index in [0.717, 1.165) is 11.1 Å². The predicted molar refractivity (Wildman–Crippen MR) is 77.6 cm³/mol. The Labute approximate surface area is 111 Å². The zero-order chi connectivity index (χ0) is 13.5. The zero-order valence-electron chi connectivity index (χ0n) is 10.3. The molecule has 19 heavy (non-hydrogen) atoms. The van der Waals surface area contributed by atoms with Gasteiger partial charge in [0.15, 0.2) is 0 Å². The SMILES string of the molecule is O=[N+]([O-])c1ccc(/C=C/C=C/c2ccccc2)cc1. The molecular weight excluding hydrogens is 238 g/mol. The second-order valence-corrected chi connectivity index (χ2v) is 3.98. The first-order chi connectivity index (χ1) is 9.25. The third kappa shape index (κ3) is 3.92. The Hall–Kier alpha value is -2.68. The van der Waals surface area contributed by atoms with Crippen LogP contribution in [0.25, 0.3) is 12.2 Å². The highest BCUT2D eigenvalue weighted by atomic mass is 16.6. The van der Waals surface area contributed by atoms with Crippen molar-refractivity contribution >= 4 is 17.8 Å². The van der Waals surface area contributed by atoms with E-state index in [0.29, 0.717) is 0 Å². The van der Waals surface area contributed by atoms with Gasteiger partial charge in [-0.3, -0.25) is 10.1 Å². The Balaban J connectivity index is 1.99. The minimum absolute atomic E-state index is 0.108. The monoisotopic (exact) mass is 251 g/mol. The van der Waals surface area contributed by atoms with Crippen molar-refractivity contribution in [3.05, 3.63) is 88.0 Å². The molecule has 0 saturated carbocycles. The van der Waals surface area contributed by atoms with Gasteiger partial charge < -0.3 is 0 Å². The third-order valence-corrected chi connectivity index (χ3v) is 2.59. The average Bonchev–Trinajstić information content (AvgIpc) is 2.45. The van der Waals surface area contributed by atoms with E-state index < -0.39 is 4.92 Å². The van der Waals surface area contributed by atoms with Gasteiger partial charge in [0.25, 0.3) is 5.69 Å². The molecule has 0 bridgehead atoms. The van der Waals surface area contributed by atoms with Gasteiger partial charge in [0.05, 0.1) is 4.92 Å². The molecule has 3 nitrogen and oxygen atoms in total. The van der Waals surface area contributed by atoms with E-state index in [-0.39, 0.29) is 5.69 Å². The van der Waals surface area contributed by atoms with Gasteiger partial charge in [-0.1, -0.05) is 54.6 Å². The molecule has 0 aliphatic carbocycles. The summed E-state index contributed by atoms with van der Waals surface area (Å²) in [4.78, 5) is 10.1. The summed E-state index contributed by atoms with van der Waals surface area (Å²) in [6.07, 6.45) is 7.76. The van der Waals surface area contributed by atoms with Crippen molar-refractivity contribution in [2.24, 2.45) is 0 Å². The minimum Gasteiger partial charge on any atom is -0.258 e. The van der Waals surface area contributed by atoms with E-state index in [2.05, 4.69) is 0 Å². The Morgan fingerprint density at radius 1 is 0.789 bits per heavy atom. The van der Waals surface area contributed by atoms with Crippen LogP contribution in [0.15, 0.2) is 66.7 Å². The predicted octanol–water partition coefficient (Wildman–Crippen LogP) is 4.32. The molecule has 0 atom stereocenters. The number of nitro groups is 1. The molecule has 2 aromatic rings. The topological polar surface area (TPSA) is 43.1 Å². The van der Waals surface area contributed by atoms with Gasteiger partial charge in [0, 0.05) is 12.1 Å². The van der Waals surface area contributed by atoms with Crippen LogP contribution in [0.1, 0.15) is 11.1 Å². The number of benzene rings is 2. The molecule has 0 unspecified atom stereocenters. The lowest BCUT2D eigenvalue weighted by Gasteiger charge is -1.92. The summed E-state index contributed by atoms with van der Waals surface area (Å²) in [5.41, 5.74) is 2.18. The molecular formula is C16H13NO2. The number of rotatable bonds is 4. The fourth-order valence-electron chi connectivity index (χ4n) is 1.60. The van der Waals surface area contributed by atoms with E-state index in [1.807, 2.05) is 54.6 Å². The van der Waals surface area contributed by atoms with Gasteiger partial charge in [-0.05, 0) is 23.3 Å². The fraction of sp³-hybridized carbons (Fsp3) is 0. The van der Waals surface area contributed by atoms with Crippen molar-refractivity contribution in [3.63, 3.8) is 0 Å². The van der Waals surface area contributed by atoms with Crippen molar-refractivity contribution in [1.82, 2.24) is 0 Å². The Morgan fingerprint density at radius 2 is 1.32 bits per heavy atom. The Morgan fingerprint density at radius 3 is 1.84 bits per heavy atom. The van der Waals surface area contributed by atoms with E-state index in [1.165, 1.54) is 12.1 Å². The highest BCUT2D eigenvalue weighted by molar-refractivity contribution is 5.57. The van der Waals surface area contributed by atoms with Gasteiger partial charge in [-0.25, -0.2) is 0 Å². The number of hydrogen-bond donors (Lipinski definition) is 0. The van der Waals surface area contributed by atoms with Crippen molar-refractivity contribution in [1.29, 1.82) is 0 Å². The molecule has 0 amide bonds. The second kappa shape index (κ2) is 6.31. The number of hydrogen-bond acceptors (Lipinski definition) is 2. The number of nitrogens with zero attached hydrogens (tertiary/aromatic N) is 1. The first kappa shape index (κ1) is 12.8. The van der Waals surface area contributed by atoms with Crippen LogP contribution >= 0.6 is 0 Å². The average molecular weight is 251 g/mol. The highest BCUT2D eigenvalue weighted by Crippen LogP contribution is 2.13. The first-order valence-electron chi connectivity index (χ1n) is 5.90. The Kier molecular flexibility index (Phi) is 4.24. The van der Waals surface area contributed by atoms with Crippen LogP contribution in [-0.2, 0) is 0 Å². The molecule has 0 heterocycles. The van der Waals surface area contributed by atoms with Crippen LogP contribution in [0, 0.1) is 10.1 Å². The van der Waals surface area contributed by atoms with E-state index in [9.17, 15) is 10.1 Å². The van der Waals surface area contributed by atoms with Crippen molar-refractivity contribution in [3.8, 4) is 0 Å². The van der Waals surface area contributed by atoms with Gasteiger partial charge in [-0.2, -0.15) is 0 Å². The second-order valence-electron chi connectivity index (χ2n) is 3.98. The van der Waals surface area contributed by atoms with Gasteiger partial charge in [0.1, 0.15) is 0 Å². The number of nitro benzene ring substituents is 1. The number of allylic oxidation sites excluding steroid dienone is 2. The molecule has 3 heteroatoms. The van der Waals surface area contributed by atoms with Gasteiger partial charge in [-0.15, -0.1) is 0 Å². The van der Waals surface area contributed by atoms with Gasteiger partial charge >= 0.3 is 0 Å². The largest absolute Gasteiger partial charge is 0.269 e. The van der Waals surface area contributed by atoms with E-state index in [4.69, 9.17) is 0 Å². The smallest absolute Gasteiger partial charge is 0.258 e. The molecule has 94 valence electrons. The van der Waals surface area contributed by atoms with Crippen LogP contribution in [-0.4, -0.2) is 4.92 Å². The first-order valence-corrected chi connectivity index (χ1v) is 5.90. The molecule has 0 aliphatic rings. The lowest BCUT2D eigenvalue weighted by atomic mass is 10.2. The molecule has 2 rings (SSSR count). The van der Waals surface area contributed by atoms with Crippen LogP contribution in [0.5, 0.6) is 0 Å².